The minimum absolute atomic E-state index is 0.0946. The van der Waals surface area contributed by atoms with Gasteiger partial charge in [0.2, 0.25) is 0 Å². The first kappa shape index (κ1) is 17.5. The second kappa shape index (κ2) is 7.80. The summed E-state index contributed by atoms with van der Waals surface area (Å²) in [6.07, 6.45) is 2.60. The van der Waals surface area contributed by atoms with Crippen molar-refractivity contribution < 1.29 is 9.53 Å². The third-order valence-corrected chi connectivity index (χ3v) is 4.92. The third-order valence-electron chi connectivity index (χ3n) is 4.92. The number of aromatic nitrogens is 2. The molecule has 0 unspecified atom stereocenters. The van der Waals surface area contributed by atoms with Crippen LogP contribution in [0.25, 0.3) is 5.65 Å². The van der Waals surface area contributed by atoms with Crippen molar-refractivity contribution in [2.75, 3.05) is 31.2 Å². The predicted molar refractivity (Wildman–Crippen MR) is 105 cm³/mol. The Morgan fingerprint density at radius 2 is 1.93 bits per heavy atom. The zero-order valence-corrected chi connectivity index (χ0v) is 15.5. The van der Waals surface area contributed by atoms with Crippen molar-refractivity contribution >= 4 is 17.2 Å². The molecule has 3 heterocycles. The summed E-state index contributed by atoms with van der Waals surface area (Å²) in [5.41, 5.74) is 4.52. The van der Waals surface area contributed by atoms with Crippen LogP contribution in [0.15, 0.2) is 48.7 Å². The number of hydrogen-bond donors (Lipinski definition) is 1. The van der Waals surface area contributed by atoms with E-state index >= 15 is 0 Å². The van der Waals surface area contributed by atoms with Gasteiger partial charge in [0.1, 0.15) is 11.3 Å². The Morgan fingerprint density at radius 3 is 2.67 bits per heavy atom. The van der Waals surface area contributed by atoms with Crippen molar-refractivity contribution in [2.24, 2.45) is 0 Å². The Hall–Kier alpha value is -2.86. The SMILES string of the molecule is CCc1nc2ccccn2c1C(=O)NCc1ccc(N2CCOCC2)cc1. The van der Waals surface area contributed by atoms with Gasteiger partial charge >= 0.3 is 0 Å². The number of benzene rings is 1. The van der Waals surface area contributed by atoms with Crippen LogP contribution in [-0.4, -0.2) is 41.6 Å². The van der Waals surface area contributed by atoms with Gasteiger partial charge in [-0.05, 0) is 36.2 Å². The van der Waals surface area contributed by atoms with E-state index in [1.165, 1.54) is 5.69 Å². The number of anilines is 1. The van der Waals surface area contributed by atoms with Crippen molar-refractivity contribution in [3.05, 3.63) is 65.6 Å². The van der Waals surface area contributed by atoms with Crippen LogP contribution in [0, 0.1) is 0 Å². The fourth-order valence-electron chi connectivity index (χ4n) is 3.44. The summed E-state index contributed by atoms with van der Waals surface area (Å²) >= 11 is 0. The number of imidazole rings is 1. The lowest BCUT2D eigenvalue weighted by atomic mass is 10.1. The van der Waals surface area contributed by atoms with E-state index < -0.39 is 0 Å². The zero-order valence-electron chi connectivity index (χ0n) is 15.5. The lowest BCUT2D eigenvalue weighted by molar-refractivity contribution is 0.0944. The third kappa shape index (κ3) is 3.66. The van der Waals surface area contributed by atoms with Gasteiger partial charge in [0.25, 0.3) is 5.91 Å². The molecule has 1 amide bonds. The molecule has 1 fully saturated rings. The first-order valence-electron chi connectivity index (χ1n) is 9.42. The Labute approximate surface area is 158 Å². The van der Waals surface area contributed by atoms with Crippen LogP contribution in [0.3, 0.4) is 0 Å². The Bertz CT molecular complexity index is 927. The van der Waals surface area contributed by atoms with E-state index in [2.05, 4.69) is 39.5 Å². The average molecular weight is 364 g/mol. The fraction of sp³-hybridized carbons (Fsp3) is 0.333. The highest BCUT2D eigenvalue weighted by Crippen LogP contribution is 2.17. The Morgan fingerprint density at radius 1 is 1.15 bits per heavy atom. The first-order valence-corrected chi connectivity index (χ1v) is 9.42. The van der Waals surface area contributed by atoms with Crippen LogP contribution in [0.4, 0.5) is 5.69 Å². The van der Waals surface area contributed by atoms with E-state index in [1.807, 2.05) is 35.7 Å². The zero-order chi connectivity index (χ0) is 18.6. The second-order valence-electron chi connectivity index (χ2n) is 6.64. The molecular formula is C21H24N4O2. The number of carbonyl (C=O) groups excluding carboxylic acids is 1. The summed E-state index contributed by atoms with van der Waals surface area (Å²) in [7, 11) is 0. The monoisotopic (exact) mass is 364 g/mol. The van der Waals surface area contributed by atoms with Crippen LogP contribution in [0.5, 0.6) is 0 Å². The number of morpholine rings is 1. The van der Waals surface area contributed by atoms with Crippen molar-refractivity contribution in [3.63, 3.8) is 0 Å². The molecule has 140 valence electrons. The van der Waals surface area contributed by atoms with E-state index in [0.717, 1.165) is 49.6 Å². The molecule has 6 nitrogen and oxygen atoms in total. The number of carbonyl (C=O) groups is 1. The lowest BCUT2D eigenvalue weighted by Crippen LogP contribution is -2.36. The highest BCUT2D eigenvalue weighted by atomic mass is 16.5. The average Bonchev–Trinajstić information content (AvgIpc) is 3.12. The maximum absolute atomic E-state index is 12.8. The molecule has 27 heavy (non-hydrogen) atoms. The molecule has 1 saturated heterocycles. The van der Waals surface area contributed by atoms with Crippen LogP contribution in [0.1, 0.15) is 28.7 Å². The van der Waals surface area contributed by atoms with Gasteiger partial charge in [-0.15, -0.1) is 0 Å². The minimum atomic E-state index is -0.0946. The van der Waals surface area contributed by atoms with E-state index in [4.69, 9.17) is 4.74 Å². The van der Waals surface area contributed by atoms with Crippen molar-refractivity contribution in [3.8, 4) is 0 Å². The van der Waals surface area contributed by atoms with Crippen molar-refractivity contribution in [1.82, 2.24) is 14.7 Å². The van der Waals surface area contributed by atoms with Gasteiger partial charge in [0.05, 0.1) is 18.9 Å². The molecule has 6 heteroatoms. The van der Waals surface area contributed by atoms with Gasteiger partial charge < -0.3 is 15.0 Å². The van der Waals surface area contributed by atoms with Gasteiger partial charge in [0.15, 0.2) is 0 Å². The maximum Gasteiger partial charge on any atom is 0.270 e. The minimum Gasteiger partial charge on any atom is -0.378 e. The molecular weight excluding hydrogens is 340 g/mol. The summed E-state index contributed by atoms with van der Waals surface area (Å²) in [4.78, 5) is 19.7. The highest BCUT2D eigenvalue weighted by molar-refractivity contribution is 5.94. The summed E-state index contributed by atoms with van der Waals surface area (Å²) in [5, 5.41) is 3.03. The summed E-state index contributed by atoms with van der Waals surface area (Å²) in [6, 6.07) is 14.1. The maximum atomic E-state index is 12.8. The number of nitrogens with zero attached hydrogens (tertiary/aromatic N) is 3. The molecule has 2 aromatic heterocycles. The van der Waals surface area contributed by atoms with Crippen LogP contribution < -0.4 is 10.2 Å². The summed E-state index contributed by atoms with van der Waals surface area (Å²) < 4.78 is 7.26. The normalized spacial score (nSPS) is 14.5. The number of ether oxygens (including phenoxy) is 1. The molecule has 0 spiro atoms. The van der Waals surface area contributed by atoms with Crippen LogP contribution in [0.2, 0.25) is 0 Å². The van der Waals surface area contributed by atoms with Crippen LogP contribution in [-0.2, 0) is 17.7 Å². The van der Waals surface area contributed by atoms with Gasteiger partial charge in [0, 0.05) is 31.5 Å². The molecule has 0 bridgehead atoms. The standard InChI is InChI=1S/C21H24N4O2/c1-2-18-20(25-10-4-3-5-19(25)23-18)21(26)22-15-16-6-8-17(9-7-16)24-11-13-27-14-12-24/h3-10H,2,11-15H2,1H3,(H,22,26). The highest BCUT2D eigenvalue weighted by Gasteiger charge is 2.17. The predicted octanol–water partition coefficient (Wildman–Crippen LogP) is 2.66. The molecule has 1 aliphatic rings. The topological polar surface area (TPSA) is 58.9 Å². The summed E-state index contributed by atoms with van der Waals surface area (Å²) in [5.74, 6) is -0.0946. The van der Waals surface area contributed by atoms with E-state index in [1.54, 1.807) is 0 Å². The van der Waals surface area contributed by atoms with Crippen molar-refractivity contribution in [2.45, 2.75) is 19.9 Å². The quantitative estimate of drug-likeness (QED) is 0.756. The second-order valence-corrected chi connectivity index (χ2v) is 6.64. The molecule has 3 aromatic rings. The molecule has 0 aliphatic carbocycles. The number of nitrogens with one attached hydrogen (secondary N) is 1. The van der Waals surface area contributed by atoms with Gasteiger partial charge in [-0.3, -0.25) is 9.20 Å². The Kier molecular flexibility index (Phi) is 5.07. The Balaban J connectivity index is 1.45. The molecule has 1 N–H and O–H groups in total. The lowest BCUT2D eigenvalue weighted by Gasteiger charge is -2.28. The number of aryl methyl sites for hydroxylation is 1. The summed E-state index contributed by atoms with van der Waals surface area (Å²) in [6.45, 7) is 5.90. The van der Waals surface area contributed by atoms with E-state index in [9.17, 15) is 4.79 Å². The smallest absolute Gasteiger partial charge is 0.270 e. The number of rotatable bonds is 5. The first-order chi connectivity index (χ1) is 13.3. The van der Waals surface area contributed by atoms with Gasteiger partial charge in [-0.2, -0.15) is 0 Å². The number of amides is 1. The molecule has 0 atom stereocenters. The number of fused-ring (bicyclic) bond motifs is 1. The van der Waals surface area contributed by atoms with Gasteiger partial charge in [-0.25, -0.2) is 4.98 Å². The fourth-order valence-corrected chi connectivity index (χ4v) is 3.44. The molecule has 4 rings (SSSR count). The van der Waals surface area contributed by atoms with E-state index in [0.29, 0.717) is 12.2 Å². The molecule has 1 aliphatic heterocycles. The number of hydrogen-bond acceptors (Lipinski definition) is 4. The molecule has 0 radical (unpaired) electrons. The van der Waals surface area contributed by atoms with Crippen molar-refractivity contribution in [1.29, 1.82) is 0 Å². The molecule has 0 saturated carbocycles. The van der Waals surface area contributed by atoms with E-state index in [-0.39, 0.29) is 5.91 Å². The molecule has 1 aromatic carbocycles. The van der Waals surface area contributed by atoms with Gasteiger partial charge in [-0.1, -0.05) is 25.1 Å². The number of pyridine rings is 1. The largest absolute Gasteiger partial charge is 0.378 e. The van der Waals surface area contributed by atoms with Crippen LogP contribution >= 0.6 is 0 Å².